The van der Waals surface area contributed by atoms with Crippen molar-refractivity contribution < 1.29 is 17.9 Å². The van der Waals surface area contributed by atoms with Gasteiger partial charge in [0, 0.05) is 0 Å². The maximum Gasteiger partial charge on any atom is 0.232 e. The van der Waals surface area contributed by atoms with Gasteiger partial charge in [-0.05, 0) is 98.5 Å². The Morgan fingerprint density at radius 2 is 1.91 bits per heavy atom. The van der Waals surface area contributed by atoms with E-state index in [9.17, 15) is 17.9 Å². The van der Waals surface area contributed by atoms with Crippen LogP contribution >= 0.6 is 0 Å². The van der Waals surface area contributed by atoms with E-state index in [1.165, 1.54) is 23.8 Å². The second kappa shape index (κ2) is 11.7. The molecule has 1 N–H and O–H groups in total. The van der Waals surface area contributed by atoms with Crippen LogP contribution in [0, 0.1) is 11.3 Å². The van der Waals surface area contributed by atoms with E-state index >= 15 is 0 Å². The molecule has 0 amide bonds. The molecular formula is C30H39FO3S. The quantitative estimate of drug-likeness (QED) is 0.372. The first-order valence-electron chi connectivity index (χ1n) is 12.7. The molecule has 2 fully saturated rings. The highest BCUT2D eigenvalue weighted by Crippen LogP contribution is 2.51. The maximum absolute atomic E-state index is 14.6. The van der Waals surface area contributed by atoms with E-state index in [1.807, 2.05) is 0 Å². The van der Waals surface area contributed by atoms with Gasteiger partial charge in [-0.1, -0.05) is 68.5 Å². The van der Waals surface area contributed by atoms with Gasteiger partial charge in [-0.15, -0.1) is 0 Å². The summed E-state index contributed by atoms with van der Waals surface area (Å²) >= 11 is 0. The van der Waals surface area contributed by atoms with Crippen molar-refractivity contribution in [1.82, 2.24) is 0 Å². The molecule has 3 rings (SSSR count). The first-order valence-corrected chi connectivity index (χ1v) is 14.2. The van der Waals surface area contributed by atoms with Gasteiger partial charge in [0.05, 0.1) is 11.0 Å². The minimum atomic E-state index is -4.10. The van der Waals surface area contributed by atoms with Crippen LogP contribution in [0.15, 0.2) is 94.1 Å². The summed E-state index contributed by atoms with van der Waals surface area (Å²) in [5, 5.41) is 9.04. The molecule has 3 nitrogen and oxygen atoms in total. The van der Waals surface area contributed by atoms with Crippen LogP contribution in [0.25, 0.3) is 0 Å². The minimum Gasteiger partial charge on any atom is -0.388 e. The number of rotatable bonds is 8. The Balaban J connectivity index is 1.72. The molecular weight excluding hydrogens is 459 g/mol. The van der Waals surface area contributed by atoms with Crippen molar-refractivity contribution in [3.63, 3.8) is 0 Å². The number of hydrogen-bond donors (Lipinski definition) is 1. The van der Waals surface area contributed by atoms with Gasteiger partial charge < -0.3 is 5.11 Å². The molecule has 0 aliphatic heterocycles. The molecule has 1 aromatic carbocycles. The molecule has 0 radical (unpaired) electrons. The Labute approximate surface area is 210 Å². The summed E-state index contributed by atoms with van der Waals surface area (Å²) in [6.07, 6.45) is 12.7. The number of benzene rings is 1. The number of hydrogen-bond acceptors (Lipinski definition) is 3. The summed E-state index contributed by atoms with van der Waals surface area (Å²) in [6, 6.07) is 7.69. The fraction of sp³-hybridized carbons (Fsp3) is 0.467. The van der Waals surface area contributed by atoms with Gasteiger partial charge in [0.15, 0.2) is 0 Å². The van der Waals surface area contributed by atoms with Crippen LogP contribution < -0.4 is 0 Å². The van der Waals surface area contributed by atoms with Gasteiger partial charge in [-0.3, -0.25) is 0 Å². The average Bonchev–Trinajstić information content (AvgIpc) is 2.85. The lowest BCUT2D eigenvalue weighted by atomic mass is 9.60. The first-order chi connectivity index (χ1) is 16.6. The molecule has 3 unspecified atom stereocenters. The van der Waals surface area contributed by atoms with Crippen molar-refractivity contribution in [3.8, 4) is 0 Å². The molecule has 0 bridgehead atoms. The molecule has 2 saturated carbocycles. The van der Waals surface area contributed by atoms with Crippen molar-refractivity contribution >= 4 is 9.84 Å². The highest BCUT2D eigenvalue weighted by molar-refractivity contribution is 7.95. The second-order valence-corrected chi connectivity index (χ2v) is 11.9. The van der Waals surface area contributed by atoms with Gasteiger partial charge in [0.2, 0.25) is 15.0 Å². The lowest BCUT2D eigenvalue weighted by molar-refractivity contribution is 0.191. The molecule has 190 valence electrons. The Morgan fingerprint density at radius 1 is 1.20 bits per heavy atom. The molecule has 0 heterocycles. The molecule has 2 aliphatic carbocycles. The zero-order valence-corrected chi connectivity index (χ0v) is 21.9. The molecule has 2 aliphatic rings. The molecule has 5 heteroatoms. The third-order valence-electron chi connectivity index (χ3n) is 7.89. The fourth-order valence-corrected chi connectivity index (χ4v) is 6.73. The van der Waals surface area contributed by atoms with Crippen molar-refractivity contribution in [3.05, 3.63) is 89.2 Å². The van der Waals surface area contributed by atoms with E-state index in [4.69, 9.17) is 0 Å². The molecule has 35 heavy (non-hydrogen) atoms. The Morgan fingerprint density at radius 3 is 2.60 bits per heavy atom. The predicted molar refractivity (Wildman–Crippen MR) is 142 cm³/mol. The lowest BCUT2D eigenvalue weighted by Crippen LogP contribution is -2.34. The van der Waals surface area contributed by atoms with Crippen LogP contribution in [0.5, 0.6) is 0 Å². The maximum atomic E-state index is 14.6. The highest BCUT2D eigenvalue weighted by Gasteiger charge is 2.39. The van der Waals surface area contributed by atoms with Gasteiger partial charge in [-0.2, -0.15) is 4.39 Å². The molecule has 0 spiro atoms. The van der Waals surface area contributed by atoms with Crippen molar-refractivity contribution in [2.45, 2.75) is 82.6 Å². The second-order valence-electron chi connectivity index (χ2n) is 10.1. The van der Waals surface area contributed by atoms with Crippen LogP contribution in [0.4, 0.5) is 4.39 Å². The number of halogens is 1. The summed E-state index contributed by atoms with van der Waals surface area (Å²) in [5.41, 5.74) is 4.28. The molecule has 0 aromatic heterocycles. The predicted octanol–water partition coefficient (Wildman–Crippen LogP) is 7.78. The number of sulfone groups is 1. The van der Waals surface area contributed by atoms with Gasteiger partial charge in [0.25, 0.3) is 0 Å². The summed E-state index contributed by atoms with van der Waals surface area (Å²) in [5.74, 6) is 0.323. The third kappa shape index (κ3) is 6.13. The average molecular weight is 499 g/mol. The smallest absolute Gasteiger partial charge is 0.232 e. The van der Waals surface area contributed by atoms with Crippen LogP contribution in [0.3, 0.4) is 0 Å². The van der Waals surface area contributed by atoms with Crippen LogP contribution in [0.1, 0.15) is 71.6 Å². The zero-order valence-electron chi connectivity index (χ0n) is 21.1. The van der Waals surface area contributed by atoms with E-state index in [1.54, 1.807) is 18.2 Å². The van der Waals surface area contributed by atoms with Crippen molar-refractivity contribution in [2.75, 3.05) is 0 Å². The largest absolute Gasteiger partial charge is 0.388 e. The third-order valence-corrected chi connectivity index (χ3v) is 9.47. The fourth-order valence-electron chi connectivity index (χ4n) is 5.65. The SMILES string of the molecule is C=C1/C(=C\C=C2/CCCC(C)(C(=C)CC/C=C(\F)S(=O)(=O)c3ccccc3)C2CC)CCCC1O. The van der Waals surface area contributed by atoms with E-state index in [0.29, 0.717) is 18.8 Å². The standard InChI is InChI=1S/C30H39FO3S/c1-5-27-25(20-19-24-13-10-17-28(32)23(24)3)14-11-21-30(27,4)22(2)12-9-18-29(31)35(33,34)26-15-7-6-8-16-26/h6-8,15-16,18-20,27-28,32H,2-3,5,9-14,17,21H2,1,4H3/b24-19-,25-20+,29-18+. The van der Waals surface area contributed by atoms with Crippen LogP contribution in [-0.2, 0) is 9.84 Å². The Kier molecular flexibility index (Phi) is 9.11. The minimum absolute atomic E-state index is 0.0325. The summed E-state index contributed by atoms with van der Waals surface area (Å²) < 4.78 is 39.5. The summed E-state index contributed by atoms with van der Waals surface area (Å²) in [4.78, 5) is -0.0325. The monoisotopic (exact) mass is 498 g/mol. The topological polar surface area (TPSA) is 54.4 Å². The van der Waals surface area contributed by atoms with Gasteiger partial charge in [-0.25, -0.2) is 8.42 Å². The number of allylic oxidation sites excluding steroid dienone is 5. The van der Waals surface area contributed by atoms with E-state index in [2.05, 4.69) is 39.2 Å². The van der Waals surface area contributed by atoms with E-state index in [-0.39, 0.29) is 10.3 Å². The first kappa shape index (κ1) is 27.3. The van der Waals surface area contributed by atoms with Gasteiger partial charge in [0.1, 0.15) is 0 Å². The number of aliphatic hydroxyl groups excluding tert-OH is 1. The highest BCUT2D eigenvalue weighted by atomic mass is 32.2. The Bertz CT molecular complexity index is 1130. The summed E-state index contributed by atoms with van der Waals surface area (Å²) in [6.45, 7) is 12.9. The molecule has 3 atom stereocenters. The normalized spacial score (nSPS) is 28.5. The summed E-state index contributed by atoms with van der Waals surface area (Å²) in [7, 11) is -4.10. The van der Waals surface area contributed by atoms with Gasteiger partial charge >= 0.3 is 0 Å². The Hall–Kier alpha value is -2.24. The van der Waals surface area contributed by atoms with Crippen LogP contribution in [-0.4, -0.2) is 19.6 Å². The van der Waals surface area contributed by atoms with Crippen molar-refractivity contribution in [1.29, 1.82) is 0 Å². The van der Waals surface area contributed by atoms with E-state index < -0.39 is 21.1 Å². The molecule has 0 saturated heterocycles. The zero-order chi connectivity index (χ0) is 25.6. The lowest BCUT2D eigenvalue weighted by Gasteiger charge is -2.45. The molecule has 1 aromatic rings. The van der Waals surface area contributed by atoms with Crippen molar-refractivity contribution in [2.24, 2.45) is 11.3 Å². The number of aliphatic hydroxyl groups is 1. The van der Waals surface area contributed by atoms with Crippen LogP contribution in [0.2, 0.25) is 0 Å². The van der Waals surface area contributed by atoms with E-state index in [0.717, 1.165) is 61.7 Å².